The molecule has 0 aliphatic carbocycles. The monoisotopic (exact) mass is 440 g/mol. The quantitative estimate of drug-likeness (QED) is 0.560. The highest BCUT2D eigenvalue weighted by molar-refractivity contribution is 6.06. The van der Waals surface area contributed by atoms with Crippen LogP contribution in [0.25, 0.3) is 0 Å². The Morgan fingerprint density at radius 3 is 2.28 bits per heavy atom. The molecule has 2 saturated heterocycles. The van der Waals surface area contributed by atoms with Crippen LogP contribution in [0.3, 0.4) is 0 Å². The van der Waals surface area contributed by atoms with Crippen LogP contribution in [0.2, 0.25) is 0 Å². The van der Waals surface area contributed by atoms with E-state index >= 15 is 0 Å². The molecule has 0 aromatic heterocycles. The fraction of sp³-hybridized carbons (Fsp3) is 0.364. The third-order valence-corrected chi connectivity index (χ3v) is 5.45. The summed E-state index contributed by atoms with van der Waals surface area (Å²) in [5.74, 6) is -0.618. The maximum Gasteiger partial charge on any atom is 0.293 e. The van der Waals surface area contributed by atoms with E-state index in [9.17, 15) is 19.7 Å². The average molecular weight is 440 g/mol. The molecule has 10 heteroatoms. The lowest BCUT2D eigenvalue weighted by atomic mass is 10.1. The third-order valence-electron chi connectivity index (χ3n) is 5.45. The van der Waals surface area contributed by atoms with E-state index in [1.165, 1.54) is 6.07 Å². The van der Waals surface area contributed by atoms with Gasteiger partial charge in [0.2, 0.25) is 0 Å². The highest BCUT2D eigenvalue weighted by Crippen LogP contribution is 2.30. The zero-order valence-corrected chi connectivity index (χ0v) is 17.5. The molecular formula is C22H24N4O6. The van der Waals surface area contributed by atoms with Crippen molar-refractivity contribution >= 4 is 28.9 Å². The summed E-state index contributed by atoms with van der Waals surface area (Å²) in [5.41, 5.74) is 1.40. The Morgan fingerprint density at radius 2 is 1.59 bits per heavy atom. The highest BCUT2D eigenvalue weighted by Gasteiger charge is 2.24. The van der Waals surface area contributed by atoms with Gasteiger partial charge in [0.1, 0.15) is 5.69 Å². The first-order valence-corrected chi connectivity index (χ1v) is 10.4. The molecular weight excluding hydrogens is 416 g/mol. The van der Waals surface area contributed by atoms with Gasteiger partial charge >= 0.3 is 0 Å². The van der Waals surface area contributed by atoms with Crippen molar-refractivity contribution in [2.24, 2.45) is 0 Å². The number of nitro groups is 1. The lowest BCUT2D eigenvalue weighted by molar-refractivity contribution is -0.384. The van der Waals surface area contributed by atoms with Crippen molar-refractivity contribution < 1.29 is 24.0 Å². The molecule has 32 heavy (non-hydrogen) atoms. The van der Waals surface area contributed by atoms with Crippen molar-refractivity contribution in [2.75, 3.05) is 62.8 Å². The average Bonchev–Trinajstić information content (AvgIpc) is 2.84. The topological polar surface area (TPSA) is 114 Å². The first kappa shape index (κ1) is 21.7. The van der Waals surface area contributed by atoms with Gasteiger partial charge in [-0.05, 0) is 30.3 Å². The van der Waals surface area contributed by atoms with Crippen molar-refractivity contribution in [3.63, 3.8) is 0 Å². The van der Waals surface area contributed by atoms with Crippen molar-refractivity contribution in [1.29, 1.82) is 0 Å². The van der Waals surface area contributed by atoms with Gasteiger partial charge in [0.15, 0.2) is 0 Å². The first-order valence-electron chi connectivity index (χ1n) is 10.4. The summed E-state index contributed by atoms with van der Waals surface area (Å²) >= 11 is 0. The van der Waals surface area contributed by atoms with Crippen molar-refractivity contribution in [3.05, 3.63) is 63.7 Å². The van der Waals surface area contributed by atoms with Crippen molar-refractivity contribution in [3.8, 4) is 0 Å². The highest BCUT2D eigenvalue weighted by atomic mass is 16.6. The molecule has 0 bridgehead atoms. The summed E-state index contributed by atoms with van der Waals surface area (Å²) in [7, 11) is 0. The number of hydrogen-bond acceptors (Lipinski definition) is 7. The fourth-order valence-corrected chi connectivity index (χ4v) is 3.76. The number of nitrogens with one attached hydrogen (secondary N) is 1. The molecule has 0 unspecified atom stereocenters. The minimum Gasteiger partial charge on any atom is -0.378 e. The van der Waals surface area contributed by atoms with E-state index in [0.29, 0.717) is 69.5 Å². The number of carbonyl (C=O) groups excluding carboxylic acids is 2. The van der Waals surface area contributed by atoms with E-state index < -0.39 is 10.8 Å². The van der Waals surface area contributed by atoms with Crippen LogP contribution < -0.4 is 10.2 Å². The standard InChI is InChI=1S/C22H24N4O6/c27-21(16-4-5-19(20(15-16)26(29)30)24-6-10-31-11-7-24)23-18-3-1-2-17(14-18)22(28)25-8-12-32-13-9-25/h1-5,14-15H,6-13H2,(H,23,27). The number of nitro benzene ring substituents is 1. The van der Waals surface area contributed by atoms with Gasteiger partial charge in [0, 0.05) is 49.1 Å². The second kappa shape index (κ2) is 9.75. The van der Waals surface area contributed by atoms with Crippen LogP contribution in [0.5, 0.6) is 0 Å². The minimum absolute atomic E-state index is 0.129. The molecule has 2 aromatic carbocycles. The lowest BCUT2D eigenvalue weighted by Crippen LogP contribution is -2.40. The van der Waals surface area contributed by atoms with Crippen LogP contribution in [-0.4, -0.2) is 74.2 Å². The van der Waals surface area contributed by atoms with E-state index in [0.717, 1.165) is 0 Å². The van der Waals surface area contributed by atoms with Crippen LogP contribution in [0.15, 0.2) is 42.5 Å². The molecule has 2 aliphatic heterocycles. The van der Waals surface area contributed by atoms with E-state index in [1.54, 1.807) is 41.3 Å². The van der Waals surface area contributed by atoms with Gasteiger partial charge in [-0.25, -0.2) is 0 Å². The van der Waals surface area contributed by atoms with Crippen LogP contribution in [0, 0.1) is 10.1 Å². The Labute approximate surface area is 184 Å². The maximum atomic E-state index is 12.8. The fourth-order valence-electron chi connectivity index (χ4n) is 3.76. The van der Waals surface area contributed by atoms with Crippen molar-refractivity contribution in [2.45, 2.75) is 0 Å². The molecule has 4 rings (SSSR count). The largest absolute Gasteiger partial charge is 0.378 e. The number of anilines is 2. The molecule has 168 valence electrons. The number of morpholine rings is 2. The summed E-state index contributed by atoms with van der Waals surface area (Å²) in [4.78, 5) is 40.2. The van der Waals surface area contributed by atoms with Crippen LogP contribution in [-0.2, 0) is 9.47 Å². The molecule has 2 aliphatic rings. The molecule has 2 heterocycles. The van der Waals surface area contributed by atoms with E-state index in [1.807, 2.05) is 4.90 Å². The first-order chi connectivity index (χ1) is 15.5. The van der Waals surface area contributed by atoms with Crippen LogP contribution in [0.4, 0.5) is 17.1 Å². The normalized spacial score (nSPS) is 16.5. The smallest absolute Gasteiger partial charge is 0.293 e. The molecule has 2 fully saturated rings. The van der Waals surface area contributed by atoms with Crippen LogP contribution >= 0.6 is 0 Å². The van der Waals surface area contributed by atoms with Crippen molar-refractivity contribution in [1.82, 2.24) is 4.90 Å². The molecule has 0 atom stereocenters. The number of amides is 2. The zero-order valence-electron chi connectivity index (χ0n) is 17.5. The van der Waals surface area contributed by atoms with Gasteiger partial charge in [0.25, 0.3) is 17.5 Å². The number of nitrogens with zero attached hydrogens (tertiary/aromatic N) is 3. The lowest BCUT2D eigenvalue weighted by Gasteiger charge is -2.28. The predicted octanol–water partition coefficient (Wildman–Crippen LogP) is 2.16. The Morgan fingerprint density at radius 1 is 0.906 bits per heavy atom. The summed E-state index contributed by atoms with van der Waals surface area (Å²) in [6.45, 7) is 4.15. The van der Waals surface area contributed by atoms with Gasteiger partial charge in [0.05, 0.1) is 31.4 Å². The Hall–Kier alpha value is -3.50. The third kappa shape index (κ3) is 4.87. The van der Waals surface area contributed by atoms with Gasteiger partial charge in [-0.3, -0.25) is 19.7 Å². The molecule has 2 amide bonds. The predicted molar refractivity (Wildman–Crippen MR) is 117 cm³/mol. The van der Waals surface area contributed by atoms with E-state index in [4.69, 9.17) is 9.47 Å². The van der Waals surface area contributed by atoms with Gasteiger partial charge in [-0.1, -0.05) is 6.07 Å². The van der Waals surface area contributed by atoms with Gasteiger partial charge in [-0.15, -0.1) is 0 Å². The number of benzene rings is 2. The van der Waals surface area contributed by atoms with E-state index in [-0.39, 0.29) is 17.2 Å². The number of ether oxygens (including phenoxy) is 2. The molecule has 1 N–H and O–H groups in total. The minimum atomic E-state index is -0.488. The summed E-state index contributed by atoms with van der Waals surface area (Å²) < 4.78 is 10.6. The van der Waals surface area contributed by atoms with Gasteiger partial charge < -0.3 is 24.6 Å². The zero-order chi connectivity index (χ0) is 22.5. The Bertz CT molecular complexity index is 1020. The molecule has 10 nitrogen and oxygen atoms in total. The summed E-state index contributed by atoms with van der Waals surface area (Å²) in [6.07, 6.45) is 0. The molecule has 2 aromatic rings. The summed E-state index contributed by atoms with van der Waals surface area (Å²) in [5, 5.41) is 14.4. The van der Waals surface area contributed by atoms with E-state index in [2.05, 4.69) is 5.32 Å². The Kier molecular flexibility index (Phi) is 6.62. The summed E-state index contributed by atoms with van der Waals surface area (Å²) in [6, 6.07) is 11.1. The second-order valence-electron chi connectivity index (χ2n) is 7.50. The number of carbonyl (C=O) groups is 2. The number of rotatable bonds is 5. The maximum absolute atomic E-state index is 12.8. The Balaban J connectivity index is 1.50. The van der Waals surface area contributed by atoms with Crippen LogP contribution in [0.1, 0.15) is 20.7 Å². The molecule has 0 radical (unpaired) electrons. The molecule has 0 saturated carbocycles. The number of hydrogen-bond donors (Lipinski definition) is 1. The van der Waals surface area contributed by atoms with Gasteiger partial charge in [-0.2, -0.15) is 0 Å². The SMILES string of the molecule is O=C(Nc1cccc(C(=O)N2CCOCC2)c1)c1ccc(N2CCOCC2)c([N+](=O)[O-])c1. The second-order valence-corrected chi connectivity index (χ2v) is 7.50. The molecule has 0 spiro atoms.